The zero-order valence-corrected chi connectivity index (χ0v) is 9.89. The Morgan fingerprint density at radius 2 is 2.14 bits per heavy atom. The van der Waals surface area contributed by atoms with Gasteiger partial charge in [0.15, 0.2) is 0 Å². The van der Waals surface area contributed by atoms with Crippen molar-refractivity contribution in [1.82, 2.24) is 5.32 Å². The molecule has 5 heteroatoms. The van der Waals surface area contributed by atoms with Crippen LogP contribution in [0.1, 0.15) is 20.3 Å². The van der Waals surface area contributed by atoms with Crippen LogP contribution in [0.5, 0.6) is 0 Å². The van der Waals surface area contributed by atoms with E-state index in [1.54, 1.807) is 6.26 Å². The monoisotopic (exact) mass is 220 g/mol. The first-order valence-corrected chi connectivity index (χ1v) is 6.45. The maximum Gasteiger partial charge on any atom is 0.224 e. The van der Waals surface area contributed by atoms with E-state index in [1.807, 2.05) is 13.8 Å². The van der Waals surface area contributed by atoms with Crippen molar-refractivity contribution in [1.29, 1.82) is 0 Å². The number of carbonyl (C=O) groups excluding carboxylic acids is 1. The van der Waals surface area contributed by atoms with Crippen LogP contribution in [0.4, 0.5) is 0 Å². The molecule has 0 aromatic heterocycles. The molecule has 0 bridgehead atoms. The van der Waals surface area contributed by atoms with Crippen LogP contribution in [0.15, 0.2) is 0 Å². The summed E-state index contributed by atoms with van der Waals surface area (Å²) in [4.78, 5) is 11.4. The van der Waals surface area contributed by atoms with Crippen LogP contribution >= 0.6 is 0 Å². The Balaban J connectivity index is 3.89. The number of carbonyl (C=O) groups is 1. The third-order valence-electron chi connectivity index (χ3n) is 2.28. The number of hydrogen-bond acceptors (Lipinski definition) is 3. The molecule has 3 N–H and O–H groups in total. The van der Waals surface area contributed by atoms with E-state index in [1.165, 1.54) is 0 Å². The summed E-state index contributed by atoms with van der Waals surface area (Å²) in [6.45, 7) is 4.60. The third kappa shape index (κ3) is 4.72. The van der Waals surface area contributed by atoms with E-state index in [0.29, 0.717) is 13.1 Å². The molecule has 1 amide bonds. The number of amides is 1. The lowest BCUT2D eigenvalue weighted by Crippen LogP contribution is -2.39. The van der Waals surface area contributed by atoms with Gasteiger partial charge in [-0.25, -0.2) is 0 Å². The van der Waals surface area contributed by atoms with Crippen molar-refractivity contribution in [3.63, 3.8) is 0 Å². The van der Waals surface area contributed by atoms with Gasteiger partial charge in [0.05, 0.1) is 0 Å². The molecular weight excluding hydrogens is 200 g/mol. The van der Waals surface area contributed by atoms with E-state index in [-0.39, 0.29) is 17.1 Å². The molecule has 0 saturated heterocycles. The van der Waals surface area contributed by atoms with Gasteiger partial charge in [-0.2, -0.15) is 0 Å². The highest BCUT2D eigenvalue weighted by atomic mass is 32.2. The fourth-order valence-corrected chi connectivity index (χ4v) is 1.28. The van der Waals surface area contributed by atoms with Crippen LogP contribution in [-0.2, 0) is 15.6 Å². The van der Waals surface area contributed by atoms with Gasteiger partial charge in [-0.05, 0) is 13.3 Å². The molecule has 0 aliphatic carbocycles. The number of rotatable bonds is 6. The standard InChI is InChI=1S/C9H20N2O2S/c1-4-8(5-10)9(12)11-6-7(2)14(3)13/h7-8H,4-6,10H2,1-3H3,(H,11,12). The predicted octanol–water partition coefficient (Wildman–Crippen LogP) is -0.145. The van der Waals surface area contributed by atoms with Crippen molar-refractivity contribution in [2.24, 2.45) is 11.7 Å². The Hall–Kier alpha value is -0.420. The van der Waals surface area contributed by atoms with Crippen LogP contribution in [-0.4, -0.2) is 34.7 Å². The second-order valence-corrected chi connectivity index (χ2v) is 5.20. The van der Waals surface area contributed by atoms with E-state index in [9.17, 15) is 9.00 Å². The van der Waals surface area contributed by atoms with E-state index in [2.05, 4.69) is 5.32 Å². The molecule has 0 saturated carbocycles. The molecule has 0 radical (unpaired) electrons. The van der Waals surface area contributed by atoms with Gasteiger partial charge in [0, 0.05) is 41.3 Å². The van der Waals surface area contributed by atoms with Crippen molar-refractivity contribution in [3.05, 3.63) is 0 Å². The molecule has 4 nitrogen and oxygen atoms in total. The maximum absolute atomic E-state index is 11.4. The fourth-order valence-electron chi connectivity index (χ4n) is 0.965. The minimum Gasteiger partial charge on any atom is -0.355 e. The lowest BCUT2D eigenvalue weighted by Gasteiger charge is -2.14. The van der Waals surface area contributed by atoms with Crippen LogP contribution < -0.4 is 11.1 Å². The van der Waals surface area contributed by atoms with Crippen molar-refractivity contribution in [2.45, 2.75) is 25.5 Å². The summed E-state index contributed by atoms with van der Waals surface area (Å²) in [7, 11) is -0.890. The van der Waals surface area contributed by atoms with Gasteiger partial charge in [0.1, 0.15) is 0 Å². The normalized spacial score (nSPS) is 17.1. The lowest BCUT2D eigenvalue weighted by molar-refractivity contribution is -0.124. The molecule has 0 aliphatic rings. The Bertz CT molecular complexity index is 205. The summed E-state index contributed by atoms with van der Waals surface area (Å²) in [5.74, 6) is -0.153. The second-order valence-electron chi connectivity index (χ2n) is 3.40. The van der Waals surface area contributed by atoms with Gasteiger partial charge < -0.3 is 11.1 Å². The van der Waals surface area contributed by atoms with Crippen LogP contribution in [0.3, 0.4) is 0 Å². The third-order valence-corrected chi connectivity index (χ3v) is 3.58. The van der Waals surface area contributed by atoms with E-state index in [0.717, 1.165) is 6.42 Å². The first kappa shape index (κ1) is 13.6. The quantitative estimate of drug-likeness (QED) is 0.654. The summed E-state index contributed by atoms with van der Waals surface area (Å²) >= 11 is 0. The fraction of sp³-hybridized carbons (Fsp3) is 0.889. The predicted molar refractivity (Wildman–Crippen MR) is 59.4 cm³/mol. The summed E-state index contributed by atoms with van der Waals surface area (Å²) < 4.78 is 11.0. The van der Waals surface area contributed by atoms with Gasteiger partial charge >= 0.3 is 0 Å². The largest absolute Gasteiger partial charge is 0.355 e. The van der Waals surface area contributed by atoms with Crippen LogP contribution in [0.25, 0.3) is 0 Å². The molecule has 0 rings (SSSR count). The highest BCUT2D eigenvalue weighted by Gasteiger charge is 2.15. The van der Waals surface area contributed by atoms with E-state index < -0.39 is 10.8 Å². The highest BCUT2D eigenvalue weighted by molar-refractivity contribution is 7.84. The van der Waals surface area contributed by atoms with Crippen molar-refractivity contribution >= 4 is 16.7 Å². The van der Waals surface area contributed by atoms with Crippen molar-refractivity contribution < 1.29 is 9.00 Å². The smallest absolute Gasteiger partial charge is 0.224 e. The molecule has 14 heavy (non-hydrogen) atoms. The molecule has 3 unspecified atom stereocenters. The zero-order valence-electron chi connectivity index (χ0n) is 9.08. The SMILES string of the molecule is CCC(CN)C(=O)NCC(C)S(C)=O. The van der Waals surface area contributed by atoms with Gasteiger partial charge in [0.2, 0.25) is 5.91 Å². The molecule has 84 valence electrons. The Morgan fingerprint density at radius 3 is 2.50 bits per heavy atom. The minimum absolute atomic E-state index is 0.00534. The first-order valence-electron chi connectivity index (χ1n) is 4.82. The van der Waals surface area contributed by atoms with Crippen LogP contribution in [0.2, 0.25) is 0 Å². The molecule has 3 atom stereocenters. The van der Waals surface area contributed by atoms with Gasteiger partial charge in [-0.1, -0.05) is 6.92 Å². The van der Waals surface area contributed by atoms with Crippen molar-refractivity contribution in [2.75, 3.05) is 19.3 Å². The molecule has 0 heterocycles. The Labute approximate surface area is 88.1 Å². The topological polar surface area (TPSA) is 72.2 Å². The average molecular weight is 220 g/mol. The average Bonchev–Trinajstić information content (AvgIpc) is 2.15. The summed E-state index contributed by atoms with van der Waals surface area (Å²) in [6, 6.07) is 0. The highest BCUT2D eigenvalue weighted by Crippen LogP contribution is 2.00. The number of nitrogens with one attached hydrogen (secondary N) is 1. The summed E-state index contributed by atoms with van der Waals surface area (Å²) in [5, 5.41) is 2.75. The Morgan fingerprint density at radius 1 is 1.57 bits per heavy atom. The molecule has 0 aliphatic heterocycles. The zero-order chi connectivity index (χ0) is 11.1. The molecular formula is C9H20N2O2S. The summed E-state index contributed by atoms with van der Waals surface area (Å²) in [5.41, 5.74) is 5.43. The van der Waals surface area contributed by atoms with Gasteiger partial charge in [-0.15, -0.1) is 0 Å². The summed E-state index contributed by atoms with van der Waals surface area (Å²) in [6.07, 6.45) is 2.38. The van der Waals surface area contributed by atoms with Crippen LogP contribution in [0, 0.1) is 5.92 Å². The van der Waals surface area contributed by atoms with E-state index in [4.69, 9.17) is 5.73 Å². The Kier molecular flexibility index (Phi) is 6.74. The van der Waals surface area contributed by atoms with Gasteiger partial charge in [0.25, 0.3) is 0 Å². The second kappa shape index (κ2) is 6.95. The van der Waals surface area contributed by atoms with Gasteiger partial charge in [-0.3, -0.25) is 9.00 Å². The number of hydrogen-bond donors (Lipinski definition) is 2. The number of nitrogens with two attached hydrogens (primary N) is 1. The van der Waals surface area contributed by atoms with Crippen molar-refractivity contribution in [3.8, 4) is 0 Å². The minimum atomic E-state index is -0.890. The molecule has 0 fully saturated rings. The molecule has 0 aromatic rings. The lowest BCUT2D eigenvalue weighted by atomic mass is 10.1. The van der Waals surface area contributed by atoms with E-state index >= 15 is 0 Å². The molecule has 0 aromatic carbocycles. The first-order chi connectivity index (χ1) is 6.52. The maximum atomic E-state index is 11.4. The molecule has 0 spiro atoms.